The van der Waals surface area contributed by atoms with E-state index in [0.29, 0.717) is 6.04 Å². The Morgan fingerprint density at radius 1 is 0.964 bits per heavy atom. The lowest BCUT2D eigenvalue weighted by atomic mass is 9.96. The second-order valence-electron chi connectivity index (χ2n) is 7.85. The highest BCUT2D eigenvalue weighted by Gasteiger charge is 2.24. The fourth-order valence-electron chi connectivity index (χ4n) is 4.15. The van der Waals surface area contributed by atoms with Crippen LogP contribution in [-0.4, -0.2) is 53.3 Å². The van der Waals surface area contributed by atoms with Crippen LogP contribution in [0.1, 0.15) is 37.7 Å². The molecule has 6 heteroatoms. The molecule has 2 heterocycles. The average molecular weight is 380 g/mol. The number of aryl methyl sites for hydroxylation is 1. The molecule has 0 bridgehead atoms. The third-order valence-electron chi connectivity index (χ3n) is 5.90. The largest absolute Gasteiger partial charge is 0.352 e. The van der Waals surface area contributed by atoms with Crippen LogP contribution in [0.15, 0.2) is 36.4 Å². The number of amides is 2. The normalized spacial score (nSPS) is 18.2. The monoisotopic (exact) mass is 379 g/mol. The molecule has 2 amide bonds. The minimum absolute atomic E-state index is 0.0903. The Labute approximate surface area is 166 Å². The SMILES string of the molecule is Cc1ccccc1-c1ccc(N2CCN(C(=O)NC3CCCCC3)CC2)nn1. The summed E-state index contributed by atoms with van der Waals surface area (Å²) in [6.07, 6.45) is 6.00. The van der Waals surface area contributed by atoms with E-state index in [1.165, 1.54) is 24.8 Å². The quantitative estimate of drug-likeness (QED) is 0.885. The van der Waals surface area contributed by atoms with Crippen molar-refractivity contribution >= 4 is 11.8 Å². The van der Waals surface area contributed by atoms with Crippen molar-refractivity contribution in [2.24, 2.45) is 0 Å². The van der Waals surface area contributed by atoms with Crippen molar-refractivity contribution in [2.75, 3.05) is 31.1 Å². The Morgan fingerprint density at radius 3 is 2.39 bits per heavy atom. The van der Waals surface area contributed by atoms with E-state index in [1.807, 2.05) is 29.2 Å². The molecular formula is C22H29N5O. The number of rotatable bonds is 3. The van der Waals surface area contributed by atoms with Gasteiger partial charge in [-0.3, -0.25) is 0 Å². The van der Waals surface area contributed by atoms with Gasteiger partial charge in [0.05, 0.1) is 5.69 Å². The molecule has 4 rings (SSSR count). The first kappa shape index (κ1) is 18.7. The van der Waals surface area contributed by atoms with Gasteiger partial charge in [-0.25, -0.2) is 4.79 Å². The summed E-state index contributed by atoms with van der Waals surface area (Å²) in [5.74, 6) is 0.879. The molecule has 6 nitrogen and oxygen atoms in total. The van der Waals surface area contributed by atoms with Gasteiger partial charge in [-0.1, -0.05) is 43.5 Å². The van der Waals surface area contributed by atoms with E-state index in [-0.39, 0.29) is 6.03 Å². The zero-order valence-electron chi connectivity index (χ0n) is 16.6. The molecule has 2 aliphatic rings. The molecule has 2 fully saturated rings. The molecule has 1 aliphatic carbocycles. The molecule has 28 heavy (non-hydrogen) atoms. The highest BCUT2D eigenvalue weighted by atomic mass is 16.2. The number of urea groups is 1. The predicted molar refractivity (Wildman–Crippen MR) is 111 cm³/mol. The molecule has 1 aromatic carbocycles. The number of piperazine rings is 1. The second kappa shape index (κ2) is 8.59. The lowest BCUT2D eigenvalue weighted by Gasteiger charge is -2.36. The lowest BCUT2D eigenvalue weighted by molar-refractivity contribution is 0.186. The highest BCUT2D eigenvalue weighted by molar-refractivity contribution is 5.75. The van der Waals surface area contributed by atoms with Crippen molar-refractivity contribution in [3.8, 4) is 11.3 Å². The van der Waals surface area contributed by atoms with Gasteiger partial charge in [-0.2, -0.15) is 0 Å². The van der Waals surface area contributed by atoms with Crippen LogP contribution < -0.4 is 10.2 Å². The molecule has 148 valence electrons. The van der Waals surface area contributed by atoms with Gasteiger partial charge in [-0.05, 0) is 37.5 Å². The number of nitrogens with one attached hydrogen (secondary N) is 1. The van der Waals surface area contributed by atoms with Gasteiger partial charge >= 0.3 is 6.03 Å². The van der Waals surface area contributed by atoms with Gasteiger partial charge in [0.2, 0.25) is 0 Å². The molecule has 0 atom stereocenters. The Balaban J connectivity index is 1.32. The highest BCUT2D eigenvalue weighted by Crippen LogP contribution is 2.22. The molecule has 1 aromatic heterocycles. The van der Waals surface area contributed by atoms with Crippen LogP contribution >= 0.6 is 0 Å². The Hall–Kier alpha value is -2.63. The van der Waals surface area contributed by atoms with Crippen LogP contribution in [0, 0.1) is 6.92 Å². The van der Waals surface area contributed by atoms with Crippen LogP contribution in [0.3, 0.4) is 0 Å². The number of anilines is 1. The molecule has 0 spiro atoms. The number of benzene rings is 1. The third-order valence-corrected chi connectivity index (χ3v) is 5.90. The van der Waals surface area contributed by atoms with Crippen molar-refractivity contribution in [3.05, 3.63) is 42.0 Å². The number of hydrogen-bond donors (Lipinski definition) is 1. The molecule has 1 aliphatic heterocycles. The summed E-state index contributed by atoms with van der Waals surface area (Å²) >= 11 is 0. The Kier molecular flexibility index (Phi) is 5.74. The Bertz CT molecular complexity index is 793. The number of carbonyl (C=O) groups excluding carboxylic acids is 1. The molecule has 1 N–H and O–H groups in total. The summed E-state index contributed by atoms with van der Waals surface area (Å²) in [5.41, 5.74) is 3.21. The zero-order chi connectivity index (χ0) is 19.3. The van der Waals surface area contributed by atoms with E-state index in [9.17, 15) is 4.79 Å². The van der Waals surface area contributed by atoms with Crippen molar-refractivity contribution in [1.29, 1.82) is 0 Å². The summed E-state index contributed by atoms with van der Waals surface area (Å²) in [5, 5.41) is 12.1. The molecule has 1 saturated carbocycles. The first-order valence-electron chi connectivity index (χ1n) is 10.4. The number of carbonyl (C=O) groups is 1. The van der Waals surface area contributed by atoms with Crippen LogP contribution in [0.25, 0.3) is 11.3 Å². The lowest BCUT2D eigenvalue weighted by Crippen LogP contribution is -2.53. The second-order valence-corrected chi connectivity index (χ2v) is 7.85. The van der Waals surface area contributed by atoms with Crippen LogP contribution in [0.5, 0.6) is 0 Å². The maximum Gasteiger partial charge on any atom is 0.317 e. The van der Waals surface area contributed by atoms with E-state index in [4.69, 9.17) is 0 Å². The predicted octanol–water partition coefficient (Wildman–Crippen LogP) is 3.62. The van der Waals surface area contributed by atoms with Crippen molar-refractivity contribution < 1.29 is 4.79 Å². The van der Waals surface area contributed by atoms with Gasteiger partial charge < -0.3 is 15.1 Å². The zero-order valence-corrected chi connectivity index (χ0v) is 16.6. The first-order chi connectivity index (χ1) is 13.7. The van der Waals surface area contributed by atoms with Crippen molar-refractivity contribution in [1.82, 2.24) is 20.4 Å². The van der Waals surface area contributed by atoms with E-state index >= 15 is 0 Å². The molecular weight excluding hydrogens is 350 g/mol. The summed E-state index contributed by atoms with van der Waals surface area (Å²) in [6.45, 7) is 5.11. The summed E-state index contributed by atoms with van der Waals surface area (Å²) < 4.78 is 0. The minimum Gasteiger partial charge on any atom is -0.352 e. The molecule has 0 radical (unpaired) electrons. The topological polar surface area (TPSA) is 61.4 Å². The van der Waals surface area contributed by atoms with Gasteiger partial charge in [0.15, 0.2) is 5.82 Å². The maximum absolute atomic E-state index is 12.5. The number of nitrogens with zero attached hydrogens (tertiary/aromatic N) is 4. The fraction of sp³-hybridized carbons (Fsp3) is 0.500. The van der Waals surface area contributed by atoms with Crippen molar-refractivity contribution in [2.45, 2.75) is 45.1 Å². The fourth-order valence-corrected chi connectivity index (χ4v) is 4.15. The van der Waals surface area contributed by atoms with E-state index in [1.54, 1.807) is 0 Å². The van der Waals surface area contributed by atoms with Gasteiger partial charge in [-0.15, -0.1) is 10.2 Å². The molecule has 0 unspecified atom stereocenters. The third kappa shape index (κ3) is 4.26. The van der Waals surface area contributed by atoms with Gasteiger partial charge in [0, 0.05) is 37.8 Å². The smallest absolute Gasteiger partial charge is 0.317 e. The molecule has 1 saturated heterocycles. The molecule has 2 aromatic rings. The Morgan fingerprint density at radius 2 is 1.71 bits per heavy atom. The summed E-state index contributed by atoms with van der Waals surface area (Å²) in [4.78, 5) is 16.6. The standard InChI is InChI=1S/C22H29N5O/c1-17-7-5-6-10-19(17)20-11-12-21(25-24-20)26-13-15-27(16-14-26)22(28)23-18-8-3-2-4-9-18/h5-7,10-12,18H,2-4,8-9,13-16H2,1H3,(H,23,28). The number of aromatic nitrogens is 2. The van der Waals surface area contributed by atoms with Gasteiger partial charge in [0.25, 0.3) is 0 Å². The van der Waals surface area contributed by atoms with Gasteiger partial charge in [0.1, 0.15) is 0 Å². The number of hydrogen-bond acceptors (Lipinski definition) is 4. The van der Waals surface area contributed by atoms with Crippen LogP contribution in [0.4, 0.5) is 10.6 Å². The van der Waals surface area contributed by atoms with Crippen molar-refractivity contribution in [3.63, 3.8) is 0 Å². The summed E-state index contributed by atoms with van der Waals surface area (Å²) in [7, 11) is 0. The first-order valence-corrected chi connectivity index (χ1v) is 10.4. The summed E-state index contributed by atoms with van der Waals surface area (Å²) in [6, 6.07) is 12.7. The van der Waals surface area contributed by atoms with E-state index in [0.717, 1.165) is 56.1 Å². The maximum atomic E-state index is 12.5. The minimum atomic E-state index is 0.0903. The van der Waals surface area contributed by atoms with Crippen LogP contribution in [-0.2, 0) is 0 Å². The van der Waals surface area contributed by atoms with E-state index in [2.05, 4.69) is 39.5 Å². The van der Waals surface area contributed by atoms with Crippen LogP contribution in [0.2, 0.25) is 0 Å². The average Bonchev–Trinajstić information content (AvgIpc) is 2.75. The van der Waals surface area contributed by atoms with E-state index < -0.39 is 0 Å².